The SMILES string of the molecule is CCC1(CC)C(C)CC(C)C(CC)(CC)N1C(C)=O. The molecule has 0 aromatic carbocycles. The highest BCUT2D eigenvalue weighted by molar-refractivity contribution is 5.75. The van der Waals surface area contributed by atoms with Crippen LogP contribution in [0.25, 0.3) is 0 Å². The molecule has 0 bridgehead atoms. The molecule has 1 aliphatic heterocycles. The van der Waals surface area contributed by atoms with Crippen molar-refractivity contribution >= 4 is 5.91 Å². The average molecular weight is 267 g/mol. The highest BCUT2D eigenvalue weighted by Gasteiger charge is 2.55. The molecule has 1 rings (SSSR count). The van der Waals surface area contributed by atoms with Crippen LogP contribution >= 0.6 is 0 Å². The Bertz CT molecular complexity index is 291. The van der Waals surface area contributed by atoms with E-state index in [1.807, 2.05) is 0 Å². The molecule has 2 nitrogen and oxygen atoms in total. The van der Waals surface area contributed by atoms with Crippen LogP contribution in [0.15, 0.2) is 0 Å². The fraction of sp³-hybridized carbons (Fsp3) is 0.941. The van der Waals surface area contributed by atoms with Crippen molar-refractivity contribution in [1.29, 1.82) is 0 Å². The predicted molar refractivity (Wildman–Crippen MR) is 82.1 cm³/mol. The molecule has 1 heterocycles. The zero-order valence-corrected chi connectivity index (χ0v) is 14.0. The first-order valence-corrected chi connectivity index (χ1v) is 8.17. The van der Waals surface area contributed by atoms with Gasteiger partial charge in [-0.25, -0.2) is 0 Å². The molecule has 0 N–H and O–H groups in total. The second-order valence-corrected chi connectivity index (χ2v) is 6.51. The summed E-state index contributed by atoms with van der Waals surface area (Å²) >= 11 is 0. The molecule has 1 amide bonds. The molecule has 1 saturated heterocycles. The predicted octanol–water partition coefficient (Wildman–Crippen LogP) is 4.63. The van der Waals surface area contributed by atoms with Gasteiger partial charge in [0.15, 0.2) is 0 Å². The Hall–Kier alpha value is -0.530. The van der Waals surface area contributed by atoms with Crippen molar-refractivity contribution in [2.75, 3.05) is 0 Å². The van der Waals surface area contributed by atoms with Gasteiger partial charge in [-0.1, -0.05) is 41.5 Å². The number of carbonyl (C=O) groups excluding carboxylic acids is 1. The van der Waals surface area contributed by atoms with Gasteiger partial charge < -0.3 is 4.90 Å². The lowest BCUT2D eigenvalue weighted by Crippen LogP contribution is -2.70. The van der Waals surface area contributed by atoms with E-state index in [2.05, 4.69) is 46.4 Å². The Balaban J connectivity index is 3.43. The monoisotopic (exact) mass is 267 g/mol. The lowest BCUT2D eigenvalue weighted by molar-refractivity contribution is -0.169. The van der Waals surface area contributed by atoms with E-state index in [4.69, 9.17) is 0 Å². The molecular weight excluding hydrogens is 234 g/mol. The van der Waals surface area contributed by atoms with E-state index < -0.39 is 0 Å². The lowest BCUT2D eigenvalue weighted by Gasteiger charge is -2.63. The highest BCUT2D eigenvalue weighted by atomic mass is 16.2. The molecule has 0 aromatic heterocycles. The van der Waals surface area contributed by atoms with Gasteiger partial charge in [-0.3, -0.25) is 4.79 Å². The van der Waals surface area contributed by atoms with Crippen molar-refractivity contribution < 1.29 is 4.79 Å². The highest BCUT2D eigenvalue weighted by Crippen LogP contribution is 2.51. The van der Waals surface area contributed by atoms with E-state index >= 15 is 0 Å². The van der Waals surface area contributed by atoms with Gasteiger partial charge in [-0.2, -0.15) is 0 Å². The molecule has 0 radical (unpaired) electrons. The summed E-state index contributed by atoms with van der Waals surface area (Å²) < 4.78 is 0. The summed E-state index contributed by atoms with van der Waals surface area (Å²) in [6.45, 7) is 15.5. The van der Waals surface area contributed by atoms with Gasteiger partial charge in [0.2, 0.25) is 5.91 Å². The molecule has 0 aromatic rings. The van der Waals surface area contributed by atoms with Crippen LogP contribution in [0.2, 0.25) is 0 Å². The molecule has 1 fully saturated rings. The molecule has 2 unspecified atom stereocenters. The Morgan fingerprint density at radius 2 is 1.26 bits per heavy atom. The van der Waals surface area contributed by atoms with Crippen LogP contribution in [0.3, 0.4) is 0 Å². The van der Waals surface area contributed by atoms with Crippen LogP contribution in [0, 0.1) is 11.8 Å². The molecule has 0 spiro atoms. The molecule has 2 heteroatoms. The minimum atomic E-state index is 0.0599. The summed E-state index contributed by atoms with van der Waals surface area (Å²) in [6, 6.07) is 0. The van der Waals surface area contributed by atoms with Crippen molar-refractivity contribution in [2.45, 2.75) is 91.6 Å². The van der Waals surface area contributed by atoms with Crippen LogP contribution in [-0.4, -0.2) is 21.9 Å². The van der Waals surface area contributed by atoms with E-state index in [1.165, 1.54) is 6.42 Å². The van der Waals surface area contributed by atoms with Crippen molar-refractivity contribution in [3.63, 3.8) is 0 Å². The number of hydrogen-bond acceptors (Lipinski definition) is 1. The maximum Gasteiger partial charge on any atom is 0.220 e. The molecule has 1 aliphatic rings. The number of amides is 1. The zero-order chi connectivity index (χ0) is 14.8. The van der Waals surface area contributed by atoms with E-state index in [1.54, 1.807) is 6.92 Å². The number of likely N-dealkylation sites (tertiary alicyclic amines) is 1. The fourth-order valence-corrected chi connectivity index (χ4v) is 5.01. The molecule has 112 valence electrons. The maximum absolute atomic E-state index is 12.5. The molecular formula is C17H33NO. The fourth-order valence-electron chi connectivity index (χ4n) is 5.01. The second kappa shape index (κ2) is 5.85. The molecule has 0 saturated carbocycles. The first-order chi connectivity index (χ1) is 8.86. The molecule has 2 atom stereocenters. The van der Waals surface area contributed by atoms with Gasteiger partial charge in [0.25, 0.3) is 0 Å². The first kappa shape index (κ1) is 16.5. The Morgan fingerprint density at radius 1 is 0.947 bits per heavy atom. The number of hydrogen-bond donors (Lipinski definition) is 0. The van der Waals surface area contributed by atoms with E-state index in [-0.39, 0.29) is 17.0 Å². The summed E-state index contributed by atoms with van der Waals surface area (Å²) in [6.07, 6.45) is 5.52. The van der Waals surface area contributed by atoms with Gasteiger partial charge in [-0.05, 0) is 43.9 Å². The smallest absolute Gasteiger partial charge is 0.220 e. The van der Waals surface area contributed by atoms with E-state index in [0.717, 1.165) is 25.7 Å². The third kappa shape index (κ3) is 2.21. The van der Waals surface area contributed by atoms with Gasteiger partial charge in [0.05, 0.1) is 0 Å². The van der Waals surface area contributed by atoms with Crippen LogP contribution in [0.5, 0.6) is 0 Å². The van der Waals surface area contributed by atoms with E-state index in [9.17, 15) is 4.79 Å². The number of nitrogens with zero attached hydrogens (tertiary/aromatic N) is 1. The van der Waals surface area contributed by atoms with Crippen molar-refractivity contribution in [1.82, 2.24) is 4.90 Å². The largest absolute Gasteiger partial charge is 0.331 e. The van der Waals surface area contributed by atoms with Crippen LogP contribution < -0.4 is 0 Å². The minimum Gasteiger partial charge on any atom is -0.331 e. The summed E-state index contributed by atoms with van der Waals surface area (Å²) in [5.74, 6) is 1.45. The lowest BCUT2D eigenvalue weighted by atomic mass is 9.61. The van der Waals surface area contributed by atoms with Crippen LogP contribution in [-0.2, 0) is 4.79 Å². The van der Waals surface area contributed by atoms with Crippen LogP contribution in [0.4, 0.5) is 0 Å². The van der Waals surface area contributed by atoms with Crippen LogP contribution in [0.1, 0.15) is 80.6 Å². The average Bonchev–Trinajstić information content (AvgIpc) is 2.39. The standard InChI is InChI=1S/C17H33NO/c1-8-16(9-2)13(5)12-14(6)17(10-3,11-4)18(16)15(7)19/h13-14H,8-12H2,1-7H3. The Kier molecular flexibility index (Phi) is 5.08. The van der Waals surface area contributed by atoms with E-state index in [0.29, 0.717) is 11.8 Å². The topological polar surface area (TPSA) is 20.3 Å². The minimum absolute atomic E-state index is 0.0599. The summed E-state index contributed by atoms with van der Waals surface area (Å²) in [5, 5.41) is 0. The molecule has 19 heavy (non-hydrogen) atoms. The van der Waals surface area contributed by atoms with Gasteiger partial charge in [0, 0.05) is 18.0 Å². The third-order valence-electron chi connectivity index (χ3n) is 6.20. The summed E-state index contributed by atoms with van der Waals surface area (Å²) in [4.78, 5) is 14.8. The summed E-state index contributed by atoms with van der Waals surface area (Å²) in [5.41, 5.74) is 0.120. The van der Waals surface area contributed by atoms with Crippen molar-refractivity contribution in [2.24, 2.45) is 11.8 Å². The third-order valence-corrected chi connectivity index (χ3v) is 6.20. The number of carbonyl (C=O) groups is 1. The normalized spacial score (nSPS) is 29.3. The Morgan fingerprint density at radius 3 is 1.47 bits per heavy atom. The van der Waals surface area contributed by atoms with Gasteiger partial charge >= 0.3 is 0 Å². The second-order valence-electron chi connectivity index (χ2n) is 6.51. The Labute approximate surface area is 119 Å². The van der Waals surface area contributed by atoms with Gasteiger partial charge in [-0.15, -0.1) is 0 Å². The number of piperidine rings is 1. The first-order valence-electron chi connectivity index (χ1n) is 8.17. The molecule has 0 aliphatic carbocycles. The van der Waals surface area contributed by atoms with Crippen molar-refractivity contribution in [3.8, 4) is 0 Å². The summed E-state index contributed by atoms with van der Waals surface area (Å²) in [7, 11) is 0. The number of rotatable bonds is 4. The zero-order valence-electron chi connectivity index (χ0n) is 14.0. The quantitative estimate of drug-likeness (QED) is 0.727. The van der Waals surface area contributed by atoms with Crippen molar-refractivity contribution in [3.05, 3.63) is 0 Å². The van der Waals surface area contributed by atoms with Gasteiger partial charge in [0.1, 0.15) is 0 Å². The maximum atomic E-state index is 12.5.